The number of carbonyl (C=O) groups excluding carboxylic acids is 2. The molecule has 0 aliphatic carbocycles. The number of aliphatic hydroxyl groups is 1. The molecule has 2 unspecified atom stereocenters. The minimum atomic E-state index is -5.22. The molecule has 0 aromatic carbocycles. The van der Waals surface area contributed by atoms with Crippen molar-refractivity contribution in [3.63, 3.8) is 0 Å². The van der Waals surface area contributed by atoms with E-state index in [2.05, 4.69) is 17.9 Å². The molecule has 0 heterocycles. The van der Waals surface area contributed by atoms with Gasteiger partial charge in [-0.15, -0.1) is 0 Å². The number of nitrogens with one attached hydrogen (secondary N) is 1. The molecule has 0 saturated heterocycles. The molecule has 0 aliphatic heterocycles. The van der Waals surface area contributed by atoms with Gasteiger partial charge in [0.1, 0.15) is 10.1 Å². The van der Waals surface area contributed by atoms with Crippen LogP contribution < -0.4 is 34.9 Å². The van der Waals surface area contributed by atoms with Gasteiger partial charge in [0, 0.05) is 0 Å². The van der Waals surface area contributed by atoms with Crippen molar-refractivity contribution in [3.8, 4) is 0 Å². The molecule has 0 radical (unpaired) electrons. The molecular weight excluding hydrogens is 325 g/mol. The topological polar surface area (TPSA) is 133 Å². The summed E-state index contributed by atoms with van der Waals surface area (Å²) in [6, 6.07) is 0. The molecule has 0 rings (SSSR count). The van der Waals surface area contributed by atoms with Crippen molar-refractivity contribution in [1.29, 1.82) is 0 Å². The zero-order valence-electron chi connectivity index (χ0n) is 13.0. The molecule has 0 aliphatic rings. The van der Waals surface area contributed by atoms with Gasteiger partial charge in [-0.3, -0.25) is 4.79 Å². The zero-order valence-corrected chi connectivity index (χ0v) is 15.8. The van der Waals surface area contributed by atoms with E-state index in [9.17, 15) is 22.6 Å². The van der Waals surface area contributed by atoms with Crippen LogP contribution in [0.4, 0.5) is 0 Å². The number of aliphatic hydroxyl groups excluding tert-OH is 1. The second kappa shape index (κ2) is 8.80. The van der Waals surface area contributed by atoms with E-state index < -0.39 is 44.6 Å². The second-order valence-corrected chi connectivity index (χ2v) is 6.07. The van der Waals surface area contributed by atoms with Gasteiger partial charge in [-0.2, -0.15) is 0 Å². The third-order valence-corrected chi connectivity index (χ3v) is 4.28. The monoisotopic (exact) mass is 343 g/mol. The maximum Gasteiger partial charge on any atom is 1.00 e. The van der Waals surface area contributed by atoms with E-state index >= 15 is 0 Å². The number of hydrogen-bond donors (Lipinski definition) is 2. The van der Waals surface area contributed by atoms with E-state index in [1.54, 1.807) is 0 Å². The smallest absolute Gasteiger partial charge is 0.746 e. The Morgan fingerprint density at radius 3 is 2.09 bits per heavy atom. The molecule has 0 aromatic heterocycles. The standard InChI is InChI=1S/C12H19NO7S.Na/c1-6-10(15)13-12(7(2)3,21(17,18)19)8(4)11(16)20-9(5)14;/h6-7,9,14H,1,4H2,2-3,5H3,(H,13,15)(H,17,18,19);/q;+1/p-1. The average molecular weight is 343 g/mol. The van der Waals surface area contributed by atoms with E-state index in [0.717, 1.165) is 13.0 Å². The molecule has 0 aromatic rings. The van der Waals surface area contributed by atoms with E-state index in [0.29, 0.717) is 0 Å². The van der Waals surface area contributed by atoms with Gasteiger partial charge in [-0.25, -0.2) is 13.2 Å². The van der Waals surface area contributed by atoms with Crippen LogP contribution in [0.15, 0.2) is 24.8 Å². The van der Waals surface area contributed by atoms with Crippen molar-refractivity contribution in [2.75, 3.05) is 0 Å². The van der Waals surface area contributed by atoms with Crippen LogP contribution in [0.2, 0.25) is 0 Å². The van der Waals surface area contributed by atoms with Gasteiger partial charge in [0.05, 0.1) is 5.57 Å². The van der Waals surface area contributed by atoms with Gasteiger partial charge in [-0.05, 0) is 18.9 Å². The molecule has 0 fully saturated rings. The summed E-state index contributed by atoms with van der Waals surface area (Å²) < 4.78 is 39.3. The number of rotatable bonds is 7. The quantitative estimate of drug-likeness (QED) is 0.162. The predicted molar refractivity (Wildman–Crippen MR) is 72.5 cm³/mol. The van der Waals surface area contributed by atoms with Crippen LogP contribution in [-0.4, -0.2) is 41.1 Å². The molecular formula is C12H18NNaO7S. The summed E-state index contributed by atoms with van der Waals surface area (Å²) >= 11 is 0. The fourth-order valence-electron chi connectivity index (χ4n) is 1.68. The summed E-state index contributed by atoms with van der Waals surface area (Å²) in [5.41, 5.74) is -0.802. The van der Waals surface area contributed by atoms with Crippen LogP contribution in [-0.2, 0) is 24.4 Å². The van der Waals surface area contributed by atoms with Gasteiger partial charge >= 0.3 is 35.5 Å². The molecule has 8 nitrogen and oxygen atoms in total. The fourth-order valence-corrected chi connectivity index (χ4v) is 2.87. The molecule has 2 atom stereocenters. The molecule has 10 heteroatoms. The maximum absolute atomic E-state index is 11.8. The van der Waals surface area contributed by atoms with Crippen LogP contribution in [0.1, 0.15) is 20.8 Å². The molecule has 0 spiro atoms. The third kappa shape index (κ3) is 5.18. The van der Waals surface area contributed by atoms with E-state index in [1.165, 1.54) is 13.8 Å². The molecule has 2 N–H and O–H groups in total. The van der Waals surface area contributed by atoms with Crippen molar-refractivity contribution >= 4 is 22.0 Å². The van der Waals surface area contributed by atoms with E-state index in [-0.39, 0.29) is 29.6 Å². The first-order valence-corrected chi connectivity index (χ1v) is 7.29. The molecule has 120 valence electrons. The van der Waals surface area contributed by atoms with E-state index in [4.69, 9.17) is 5.11 Å². The van der Waals surface area contributed by atoms with Gasteiger partial charge < -0.3 is 19.7 Å². The van der Waals surface area contributed by atoms with Crippen molar-refractivity contribution in [2.24, 2.45) is 5.92 Å². The van der Waals surface area contributed by atoms with Gasteiger partial charge in [0.15, 0.2) is 11.2 Å². The Bertz CT molecular complexity index is 556. The Kier molecular flexibility index (Phi) is 9.42. The Morgan fingerprint density at radius 2 is 1.82 bits per heavy atom. The summed E-state index contributed by atoms with van der Waals surface area (Å²) in [4.78, 5) is 20.6. The summed E-state index contributed by atoms with van der Waals surface area (Å²) in [5, 5.41) is 10.9. The van der Waals surface area contributed by atoms with Crippen molar-refractivity contribution in [3.05, 3.63) is 24.8 Å². The fraction of sp³-hybridized carbons (Fsp3) is 0.500. The first-order chi connectivity index (χ1) is 9.40. The SMILES string of the molecule is C=CC(=O)NC(C(=C)C(=O)OC(C)O)(C(C)C)S(=O)(=O)[O-].[Na+]. The van der Waals surface area contributed by atoms with Gasteiger partial charge in [-0.1, -0.05) is 27.0 Å². The number of ether oxygens (including phenoxy) is 1. The summed E-state index contributed by atoms with van der Waals surface area (Å²) in [6.45, 7) is 10.1. The Balaban J connectivity index is 0. The van der Waals surface area contributed by atoms with Crippen LogP contribution in [0, 0.1) is 5.92 Å². The zero-order chi connectivity index (χ0) is 17.0. The maximum atomic E-state index is 11.8. The normalized spacial score (nSPS) is 15.0. The third-order valence-electron chi connectivity index (χ3n) is 2.67. The first kappa shape index (κ1) is 23.6. The summed E-state index contributed by atoms with van der Waals surface area (Å²) in [7, 11) is -5.22. The molecule has 1 amide bonds. The van der Waals surface area contributed by atoms with Gasteiger partial charge in [0.2, 0.25) is 5.91 Å². The minimum absolute atomic E-state index is 0. The number of esters is 1. The number of amides is 1. The second-order valence-electron chi connectivity index (χ2n) is 4.52. The molecule has 0 bridgehead atoms. The van der Waals surface area contributed by atoms with Gasteiger partial charge in [0.25, 0.3) is 0 Å². The number of carbonyl (C=O) groups is 2. The Labute approximate surface area is 151 Å². The molecule has 0 saturated carbocycles. The van der Waals surface area contributed by atoms with Crippen LogP contribution in [0.5, 0.6) is 0 Å². The first-order valence-electron chi connectivity index (χ1n) is 5.88. The van der Waals surface area contributed by atoms with Crippen molar-refractivity contribution in [2.45, 2.75) is 31.9 Å². The van der Waals surface area contributed by atoms with Crippen molar-refractivity contribution in [1.82, 2.24) is 5.32 Å². The predicted octanol–water partition coefficient (Wildman–Crippen LogP) is -3.37. The Hall–Kier alpha value is -0.710. The van der Waals surface area contributed by atoms with Crippen LogP contribution in [0.25, 0.3) is 0 Å². The molecule has 22 heavy (non-hydrogen) atoms. The minimum Gasteiger partial charge on any atom is -0.746 e. The summed E-state index contributed by atoms with van der Waals surface area (Å²) in [6.07, 6.45) is -0.793. The van der Waals surface area contributed by atoms with Crippen LogP contribution in [0.3, 0.4) is 0 Å². The van der Waals surface area contributed by atoms with E-state index in [1.807, 2.05) is 5.32 Å². The Morgan fingerprint density at radius 1 is 1.36 bits per heavy atom. The largest absolute Gasteiger partial charge is 1.00 e. The average Bonchev–Trinajstić information content (AvgIpc) is 2.31. The van der Waals surface area contributed by atoms with Crippen LogP contribution >= 0.6 is 0 Å². The number of hydrogen-bond acceptors (Lipinski definition) is 7. The summed E-state index contributed by atoms with van der Waals surface area (Å²) in [5.74, 6) is -3.32. The van der Waals surface area contributed by atoms with Crippen molar-refractivity contribution < 1.29 is 62.0 Å².